The molecule has 0 saturated heterocycles. The van der Waals surface area contributed by atoms with Crippen molar-refractivity contribution in [2.75, 3.05) is 6.26 Å². The first-order chi connectivity index (χ1) is 4.74. The van der Waals surface area contributed by atoms with Gasteiger partial charge in [-0.1, -0.05) is 0 Å². The third-order valence-electron chi connectivity index (χ3n) is 0.987. The van der Waals surface area contributed by atoms with Gasteiger partial charge in [-0.25, -0.2) is 4.98 Å². The molecule has 0 aromatic carbocycles. The van der Waals surface area contributed by atoms with Gasteiger partial charge in [0.15, 0.2) is 0 Å². The van der Waals surface area contributed by atoms with Crippen molar-refractivity contribution in [3.63, 3.8) is 0 Å². The van der Waals surface area contributed by atoms with Gasteiger partial charge >= 0.3 is 0 Å². The minimum absolute atomic E-state index is 0.408. The van der Waals surface area contributed by atoms with Gasteiger partial charge in [0.1, 0.15) is 0 Å². The summed E-state index contributed by atoms with van der Waals surface area (Å²) in [7, 11) is 0. The summed E-state index contributed by atoms with van der Waals surface area (Å²) in [5.74, 6) is -0.452. The number of nitrogens with zero attached hydrogens (tertiary/aromatic N) is 1. The van der Waals surface area contributed by atoms with Gasteiger partial charge in [-0.2, -0.15) is 4.39 Å². The Morgan fingerprint density at radius 2 is 2.30 bits per heavy atom. The van der Waals surface area contributed by atoms with Crippen LogP contribution in [0, 0.1) is 5.95 Å². The number of halogens is 2. The molecule has 0 aliphatic carbocycles. The van der Waals surface area contributed by atoms with E-state index in [1.165, 1.54) is 11.8 Å². The van der Waals surface area contributed by atoms with E-state index in [0.717, 1.165) is 0 Å². The molecule has 1 nitrogen and oxygen atoms in total. The van der Waals surface area contributed by atoms with E-state index < -0.39 is 5.95 Å². The van der Waals surface area contributed by atoms with Crippen molar-refractivity contribution in [2.45, 2.75) is 5.03 Å². The van der Waals surface area contributed by atoms with Gasteiger partial charge in [-0.15, -0.1) is 11.8 Å². The van der Waals surface area contributed by atoms with Crippen molar-refractivity contribution in [3.05, 3.63) is 22.6 Å². The molecule has 0 atom stereocenters. The maximum absolute atomic E-state index is 12.6. The van der Waals surface area contributed by atoms with Gasteiger partial charge in [0, 0.05) is 0 Å². The van der Waals surface area contributed by atoms with Crippen LogP contribution in [0.15, 0.2) is 21.6 Å². The largest absolute Gasteiger partial charge is 0.228 e. The second-order valence-corrected chi connectivity index (χ2v) is 3.31. The number of pyridine rings is 1. The first-order valence-electron chi connectivity index (χ1n) is 2.60. The van der Waals surface area contributed by atoms with Crippen LogP contribution in [0.3, 0.4) is 0 Å². The van der Waals surface area contributed by atoms with Gasteiger partial charge in [0.25, 0.3) is 0 Å². The van der Waals surface area contributed by atoms with Gasteiger partial charge in [0.05, 0.1) is 9.50 Å². The Balaban J connectivity index is 3.04. The minimum atomic E-state index is -0.452. The lowest BCUT2D eigenvalue weighted by molar-refractivity contribution is 0.565. The topological polar surface area (TPSA) is 12.9 Å². The van der Waals surface area contributed by atoms with E-state index in [2.05, 4.69) is 20.9 Å². The van der Waals surface area contributed by atoms with E-state index in [4.69, 9.17) is 0 Å². The van der Waals surface area contributed by atoms with Crippen LogP contribution in [0.5, 0.6) is 0 Å². The molecule has 0 N–H and O–H groups in total. The predicted octanol–water partition coefficient (Wildman–Crippen LogP) is 2.71. The van der Waals surface area contributed by atoms with Crippen molar-refractivity contribution in [3.8, 4) is 0 Å². The molecule has 0 unspecified atom stereocenters. The Labute approximate surface area is 71.2 Å². The Kier molecular flexibility index (Phi) is 2.68. The second-order valence-electron chi connectivity index (χ2n) is 1.63. The highest BCUT2D eigenvalue weighted by Gasteiger charge is 1.99. The predicted molar refractivity (Wildman–Crippen MR) is 43.7 cm³/mol. The molecule has 0 aliphatic rings. The number of rotatable bonds is 1. The zero-order chi connectivity index (χ0) is 7.56. The molecule has 1 aromatic rings. The highest BCUT2D eigenvalue weighted by Crippen LogP contribution is 2.17. The van der Waals surface area contributed by atoms with Crippen molar-refractivity contribution in [2.24, 2.45) is 0 Å². The first kappa shape index (κ1) is 8.01. The number of hydrogen-bond acceptors (Lipinski definition) is 2. The van der Waals surface area contributed by atoms with E-state index >= 15 is 0 Å². The lowest BCUT2D eigenvalue weighted by atomic mass is 10.5. The van der Waals surface area contributed by atoms with Crippen molar-refractivity contribution in [1.82, 2.24) is 4.98 Å². The van der Waals surface area contributed by atoms with Crippen molar-refractivity contribution >= 4 is 27.7 Å². The number of thioether (sulfide) groups is 1. The van der Waals surface area contributed by atoms with Crippen LogP contribution in [0.25, 0.3) is 0 Å². The molecule has 1 heterocycles. The molecule has 0 amide bonds. The zero-order valence-corrected chi connectivity index (χ0v) is 7.67. The van der Waals surface area contributed by atoms with Crippen LogP contribution in [-0.4, -0.2) is 11.2 Å². The molecule has 4 heteroatoms. The Morgan fingerprint density at radius 1 is 1.60 bits per heavy atom. The normalized spacial score (nSPS) is 9.90. The summed E-state index contributed by atoms with van der Waals surface area (Å²) in [6, 6.07) is 3.41. The molecule has 0 saturated carbocycles. The Hall–Kier alpha value is -0.0900. The summed E-state index contributed by atoms with van der Waals surface area (Å²) < 4.78 is 13.0. The molecular weight excluding hydrogens is 217 g/mol. The van der Waals surface area contributed by atoms with Crippen LogP contribution in [0.1, 0.15) is 0 Å². The highest BCUT2D eigenvalue weighted by molar-refractivity contribution is 9.10. The molecule has 0 aliphatic heterocycles. The van der Waals surface area contributed by atoms with E-state index in [1.807, 2.05) is 6.26 Å². The van der Waals surface area contributed by atoms with Gasteiger partial charge in [0.2, 0.25) is 5.95 Å². The SMILES string of the molecule is CSc1ccc(Br)c(F)n1. The Bertz CT molecular complexity index is 241. The molecule has 1 rings (SSSR count). The van der Waals surface area contributed by atoms with Crippen LogP contribution in [0.4, 0.5) is 4.39 Å². The van der Waals surface area contributed by atoms with Crippen LogP contribution in [-0.2, 0) is 0 Å². The van der Waals surface area contributed by atoms with Crippen molar-refractivity contribution < 1.29 is 4.39 Å². The number of aromatic nitrogens is 1. The highest BCUT2D eigenvalue weighted by atomic mass is 79.9. The lowest BCUT2D eigenvalue weighted by Crippen LogP contribution is -1.85. The Morgan fingerprint density at radius 3 is 2.80 bits per heavy atom. The third-order valence-corrected chi connectivity index (χ3v) is 2.22. The summed E-state index contributed by atoms with van der Waals surface area (Å²) in [4.78, 5) is 3.64. The summed E-state index contributed by atoms with van der Waals surface area (Å²) >= 11 is 4.43. The van der Waals surface area contributed by atoms with E-state index in [0.29, 0.717) is 9.50 Å². The summed E-state index contributed by atoms with van der Waals surface area (Å²) in [5.41, 5.74) is 0. The molecule has 54 valence electrons. The maximum atomic E-state index is 12.6. The fourth-order valence-corrected chi connectivity index (χ4v) is 1.11. The number of hydrogen-bond donors (Lipinski definition) is 0. The van der Waals surface area contributed by atoms with Crippen LogP contribution in [0.2, 0.25) is 0 Å². The standard InChI is InChI=1S/C6H5BrFNS/c1-10-5-3-2-4(7)6(8)9-5/h2-3H,1H3. The quantitative estimate of drug-likeness (QED) is 0.535. The summed E-state index contributed by atoms with van der Waals surface area (Å²) in [6.07, 6.45) is 1.86. The van der Waals surface area contributed by atoms with Gasteiger partial charge < -0.3 is 0 Å². The zero-order valence-electron chi connectivity index (χ0n) is 5.27. The van der Waals surface area contributed by atoms with Crippen molar-refractivity contribution in [1.29, 1.82) is 0 Å². The van der Waals surface area contributed by atoms with E-state index in [9.17, 15) is 4.39 Å². The third kappa shape index (κ3) is 1.70. The monoisotopic (exact) mass is 221 g/mol. The van der Waals surface area contributed by atoms with Gasteiger partial charge in [-0.05, 0) is 34.3 Å². The molecular formula is C6H5BrFNS. The lowest BCUT2D eigenvalue weighted by Gasteiger charge is -1.95. The van der Waals surface area contributed by atoms with E-state index in [-0.39, 0.29) is 0 Å². The summed E-state index contributed by atoms with van der Waals surface area (Å²) in [6.45, 7) is 0. The molecule has 0 fully saturated rings. The van der Waals surface area contributed by atoms with Crippen LogP contribution >= 0.6 is 27.7 Å². The van der Waals surface area contributed by atoms with E-state index in [1.54, 1.807) is 12.1 Å². The van der Waals surface area contributed by atoms with Crippen LogP contribution < -0.4 is 0 Å². The summed E-state index contributed by atoms with van der Waals surface area (Å²) in [5, 5.41) is 0.695. The molecule has 0 bridgehead atoms. The molecule has 10 heavy (non-hydrogen) atoms. The average molecular weight is 222 g/mol. The smallest absolute Gasteiger partial charge is 0.212 e. The minimum Gasteiger partial charge on any atom is -0.212 e. The maximum Gasteiger partial charge on any atom is 0.228 e. The molecule has 0 radical (unpaired) electrons. The second kappa shape index (κ2) is 3.34. The molecule has 1 aromatic heterocycles. The fraction of sp³-hybridized carbons (Fsp3) is 0.167. The first-order valence-corrected chi connectivity index (χ1v) is 4.62. The molecule has 0 spiro atoms. The van der Waals surface area contributed by atoms with Gasteiger partial charge in [-0.3, -0.25) is 0 Å². The average Bonchev–Trinajstić information content (AvgIpc) is 1.95. The fourth-order valence-electron chi connectivity index (χ4n) is 0.514.